The van der Waals surface area contributed by atoms with E-state index < -0.39 is 11.7 Å². The molecule has 5 nitrogen and oxygen atoms in total. The predicted molar refractivity (Wildman–Crippen MR) is 89.5 cm³/mol. The fourth-order valence-electron chi connectivity index (χ4n) is 3.04. The number of halogens is 3. The zero-order chi connectivity index (χ0) is 17.8. The zero-order valence-corrected chi connectivity index (χ0v) is 13.6. The Hall–Kier alpha value is -3.13. The summed E-state index contributed by atoms with van der Waals surface area (Å²) in [6, 6.07) is 12.1. The fraction of sp³-hybridized carbons (Fsp3) is 0.111. The average molecular weight is 361 g/mol. The minimum atomic E-state index is -4.41. The van der Waals surface area contributed by atoms with Crippen LogP contribution in [0.3, 0.4) is 0 Å². The Morgan fingerprint density at radius 2 is 1.69 bits per heavy atom. The molecule has 0 fully saturated rings. The molecule has 0 saturated carbocycles. The third-order valence-corrected chi connectivity index (χ3v) is 4.23. The number of aromatic nitrogens is 3. The van der Waals surface area contributed by atoms with E-state index in [1.165, 1.54) is 16.8 Å². The molecular weight excluding hydrogens is 347 g/mol. The number of rotatable bonds is 1. The van der Waals surface area contributed by atoms with Gasteiger partial charge >= 0.3 is 11.7 Å². The van der Waals surface area contributed by atoms with E-state index in [1.807, 2.05) is 30.5 Å². The van der Waals surface area contributed by atoms with E-state index in [-0.39, 0.29) is 11.0 Å². The number of hydrogen-bond acceptors (Lipinski definition) is 2. The van der Waals surface area contributed by atoms with Crippen LogP contribution in [0.1, 0.15) is 5.56 Å². The number of fused-ring (bicyclic) bond motifs is 3. The quantitative estimate of drug-likeness (QED) is 0.529. The largest absolute Gasteiger partial charge is 0.870 e. The maximum atomic E-state index is 12.8. The van der Waals surface area contributed by atoms with Gasteiger partial charge in [-0.15, -0.1) is 0 Å². The molecule has 2 N–H and O–H groups in total. The Morgan fingerprint density at radius 1 is 1.04 bits per heavy atom. The van der Waals surface area contributed by atoms with Crippen molar-refractivity contribution in [1.29, 1.82) is 0 Å². The second-order valence-corrected chi connectivity index (χ2v) is 5.85. The molecule has 0 aliphatic carbocycles. The molecule has 8 heteroatoms. The Balaban J connectivity index is 0.00000196. The molecule has 0 bridgehead atoms. The van der Waals surface area contributed by atoms with E-state index in [0.29, 0.717) is 16.7 Å². The van der Waals surface area contributed by atoms with Gasteiger partial charge in [0, 0.05) is 10.8 Å². The Morgan fingerprint density at radius 3 is 2.35 bits per heavy atom. The molecule has 2 heterocycles. The van der Waals surface area contributed by atoms with Crippen LogP contribution >= 0.6 is 0 Å². The summed E-state index contributed by atoms with van der Waals surface area (Å²) < 4.78 is 41.1. The SMILES string of the molecule is C[n+]1cc2ccccc2c2[nH]n(-c3ccc(C(F)(F)F)cc3)c(=O)c21.[OH-]. The van der Waals surface area contributed by atoms with Crippen molar-refractivity contribution >= 4 is 21.8 Å². The van der Waals surface area contributed by atoms with Gasteiger partial charge in [-0.2, -0.15) is 17.7 Å². The number of nitrogens with zero attached hydrogens (tertiary/aromatic N) is 2. The van der Waals surface area contributed by atoms with Crippen molar-refractivity contribution in [2.75, 3.05) is 0 Å². The van der Waals surface area contributed by atoms with Crippen LogP contribution in [0.15, 0.2) is 59.5 Å². The molecule has 4 aromatic rings. The van der Waals surface area contributed by atoms with E-state index >= 15 is 0 Å². The van der Waals surface area contributed by atoms with Gasteiger partial charge < -0.3 is 5.48 Å². The molecule has 2 aromatic heterocycles. The minimum Gasteiger partial charge on any atom is -0.870 e. The smallest absolute Gasteiger partial charge is 0.416 e. The summed E-state index contributed by atoms with van der Waals surface area (Å²) in [4.78, 5) is 12.8. The average Bonchev–Trinajstić information content (AvgIpc) is 2.93. The van der Waals surface area contributed by atoms with E-state index in [1.54, 1.807) is 11.6 Å². The highest BCUT2D eigenvalue weighted by Gasteiger charge is 2.30. The second-order valence-electron chi connectivity index (χ2n) is 5.85. The monoisotopic (exact) mass is 361 g/mol. The number of nitrogens with one attached hydrogen (secondary N) is 1. The number of H-pyrrole nitrogens is 1. The minimum absolute atomic E-state index is 0. The third-order valence-electron chi connectivity index (χ3n) is 4.23. The predicted octanol–water partition coefficient (Wildman–Crippen LogP) is 3.14. The topological polar surface area (TPSA) is 71.7 Å². The van der Waals surface area contributed by atoms with Crippen molar-refractivity contribution in [1.82, 2.24) is 9.78 Å². The Kier molecular flexibility index (Phi) is 4.08. The highest BCUT2D eigenvalue weighted by Crippen LogP contribution is 2.29. The van der Waals surface area contributed by atoms with Gasteiger partial charge in [0.05, 0.1) is 11.3 Å². The van der Waals surface area contributed by atoms with Crippen molar-refractivity contribution in [3.05, 3.63) is 70.6 Å². The summed E-state index contributed by atoms with van der Waals surface area (Å²) in [5, 5.41) is 4.85. The molecule has 0 amide bonds. The molecule has 0 radical (unpaired) electrons. The van der Waals surface area contributed by atoms with Crippen molar-refractivity contribution in [2.24, 2.45) is 7.05 Å². The van der Waals surface area contributed by atoms with Crippen LogP contribution in [0, 0.1) is 0 Å². The molecule has 4 rings (SSSR count). The third kappa shape index (κ3) is 2.64. The molecule has 0 aliphatic heterocycles. The van der Waals surface area contributed by atoms with Gasteiger partial charge in [0.25, 0.3) is 5.52 Å². The first-order valence-electron chi connectivity index (χ1n) is 7.56. The molecule has 0 spiro atoms. The van der Waals surface area contributed by atoms with Gasteiger partial charge in [0.15, 0.2) is 6.20 Å². The van der Waals surface area contributed by atoms with Gasteiger partial charge in [0.2, 0.25) is 0 Å². The van der Waals surface area contributed by atoms with Gasteiger partial charge in [0.1, 0.15) is 12.6 Å². The fourth-order valence-corrected chi connectivity index (χ4v) is 3.04. The standard InChI is InChI=1S/C18H12F3N3O.H2O/c1-23-10-11-4-2-3-5-14(11)15-16(23)17(25)24(22-15)13-8-6-12(7-9-13)18(19,20)21;/h2-10H,1H3;1H2. The van der Waals surface area contributed by atoms with Crippen molar-refractivity contribution in [3.8, 4) is 5.69 Å². The first-order valence-corrected chi connectivity index (χ1v) is 7.56. The molecule has 0 atom stereocenters. The summed E-state index contributed by atoms with van der Waals surface area (Å²) in [7, 11) is 1.76. The molecule has 134 valence electrons. The van der Waals surface area contributed by atoms with Crippen LogP contribution in [0.2, 0.25) is 0 Å². The number of pyridine rings is 1. The summed E-state index contributed by atoms with van der Waals surface area (Å²) >= 11 is 0. The van der Waals surface area contributed by atoms with Gasteiger partial charge in [-0.05, 0) is 30.3 Å². The van der Waals surface area contributed by atoms with Crippen molar-refractivity contribution in [3.63, 3.8) is 0 Å². The Bertz CT molecular complexity index is 1160. The van der Waals surface area contributed by atoms with Crippen LogP contribution in [-0.2, 0) is 13.2 Å². The van der Waals surface area contributed by atoms with E-state index in [4.69, 9.17) is 0 Å². The lowest BCUT2D eigenvalue weighted by molar-refractivity contribution is -0.644. The normalized spacial score (nSPS) is 11.7. The molecule has 2 aromatic carbocycles. The summed E-state index contributed by atoms with van der Waals surface area (Å²) in [6.07, 6.45) is -2.56. The van der Waals surface area contributed by atoms with Crippen molar-refractivity contribution < 1.29 is 23.2 Å². The van der Waals surface area contributed by atoms with Gasteiger partial charge in [-0.3, -0.25) is 9.89 Å². The lowest BCUT2D eigenvalue weighted by Gasteiger charge is -2.07. The first kappa shape index (κ1) is 17.7. The number of aryl methyl sites for hydroxylation is 1. The molecule has 0 saturated heterocycles. The van der Waals surface area contributed by atoms with Crippen LogP contribution in [0.25, 0.3) is 27.5 Å². The summed E-state index contributed by atoms with van der Waals surface area (Å²) in [5.74, 6) is 0. The highest BCUT2D eigenvalue weighted by molar-refractivity contribution is 6.01. The van der Waals surface area contributed by atoms with Crippen LogP contribution in [-0.4, -0.2) is 15.3 Å². The Labute approximate surface area is 145 Å². The van der Waals surface area contributed by atoms with Crippen LogP contribution < -0.4 is 10.1 Å². The van der Waals surface area contributed by atoms with Crippen molar-refractivity contribution in [2.45, 2.75) is 6.18 Å². The highest BCUT2D eigenvalue weighted by atomic mass is 19.4. The number of aromatic amines is 1. The zero-order valence-electron chi connectivity index (χ0n) is 13.6. The molecular formula is C18H14F3N3O2. The van der Waals surface area contributed by atoms with Gasteiger partial charge in [-0.25, -0.2) is 4.68 Å². The lowest BCUT2D eigenvalue weighted by atomic mass is 10.1. The van der Waals surface area contributed by atoms with Gasteiger partial charge in [-0.1, -0.05) is 18.2 Å². The van der Waals surface area contributed by atoms with E-state index in [9.17, 15) is 18.0 Å². The maximum absolute atomic E-state index is 12.8. The number of benzene rings is 2. The first-order chi connectivity index (χ1) is 11.9. The number of alkyl halides is 3. The van der Waals surface area contributed by atoms with E-state index in [2.05, 4.69) is 5.10 Å². The number of hydrogen-bond donors (Lipinski definition) is 1. The lowest BCUT2D eigenvalue weighted by Crippen LogP contribution is -2.33. The summed E-state index contributed by atoms with van der Waals surface area (Å²) in [6.45, 7) is 0. The van der Waals surface area contributed by atoms with Crippen LogP contribution in [0.5, 0.6) is 0 Å². The second kappa shape index (κ2) is 5.99. The molecule has 0 aliphatic rings. The molecule has 26 heavy (non-hydrogen) atoms. The maximum Gasteiger partial charge on any atom is 0.416 e. The molecule has 0 unspecified atom stereocenters. The summed E-state index contributed by atoms with van der Waals surface area (Å²) in [5.41, 5.74) is 0.377. The van der Waals surface area contributed by atoms with E-state index in [0.717, 1.165) is 22.9 Å². The van der Waals surface area contributed by atoms with Crippen LogP contribution in [0.4, 0.5) is 13.2 Å².